The molecular formula is C18H27NO3. The third-order valence-electron chi connectivity index (χ3n) is 3.97. The van der Waals surface area contributed by atoms with E-state index in [0.29, 0.717) is 5.92 Å². The van der Waals surface area contributed by atoms with Gasteiger partial charge in [0.15, 0.2) is 0 Å². The zero-order valence-corrected chi connectivity index (χ0v) is 14.1. The zero-order chi connectivity index (χ0) is 16.2. The van der Waals surface area contributed by atoms with E-state index in [9.17, 15) is 4.79 Å². The van der Waals surface area contributed by atoms with Crippen LogP contribution in [0.3, 0.4) is 0 Å². The summed E-state index contributed by atoms with van der Waals surface area (Å²) in [5.41, 5.74) is 0.825. The maximum Gasteiger partial charge on any atom is 0.410 e. The topological polar surface area (TPSA) is 38.8 Å². The number of nitrogens with zero attached hydrogens (tertiary/aromatic N) is 1. The Balaban J connectivity index is 1.86. The van der Waals surface area contributed by atoms with Gasteiger partial charge in [0.25, 0.3) is 0 Å². The van der Waals surface area contributed by atoms with Crippen molar-refractivity contribution in [3.63, 3.8) is 0 Å². The lowest BCUT2D eigenvalue weighted by Gasteiger charge is -2.33. The van der Waals surface area contributed by atoms with E-state index in [1.54, 1.807) is 7.11 Å². The molecular weight excluding hydrogens is 278 g/mol. The number of methoxy groups -OCH3 is 1. The third-order valence-corrected chi connectivity index (χ3v) is 3.97. The van der Waals surface area contributed by atoms with Crippen molar-refractivity contribution in [2.75, 3.05) is 20.2 Å². The Morgan fingerprint density at radius 1 is 1.23 bits per heavy atom. The van der Waals surface area contributed by atoms with Gasteiger partial charge in [-0.25, -0.2) is 4.79 Å². The summed E-state index contributed by atoms with van der Waals surface area (Å²) in [6, 6.07) is 8.17. The quantitative estimate of drug-likeness (QED) is 0.850. The Kier molecular flexibility index (Phi) is 5.33. The van der Waals surface area contributed by atoms with Crippen LogP contribution in [0.15, 0.2) is 24.3 Å². The van der Waals surface area contributed by atoms with Crippen molar-refractivity contribution in [1.29, 1.82) is 0 Å². The van der Waals surface area contributed by atoms with Crippen molar-refractivity contribution < 1.29 is 14.3 Å². The van der Waals surface area contributed by atoms with E-state index in [1.807, 2.05) is 43.9 Å². The number of piperidine rings is 1. The van der Waals surface area contributed by atoms with E-state index in [0.717, 1.165) is 38.1 Å². The van der Waals surface area contributed by atoms with Crippen LogP contribution in [0.25, 0.3) is 0 Å². The van der Waals surface area contributed by atoms with Gasteiger partial charge in [0.05, 0.1) is 7.11 Å². The molecule has 1 aliphatic rings. The monoisotopic (exact) mass is 305 g/mol. The molecule has 0 saturated carbocycles. The Morgan fingerprint density at radius 2 is 1.86 bits per heavy atom. The first-order valence-electron chi connectivity index (χ1n) is 7.99. The zero-order valence-electron chi connectivity index (χ0n) is 14.1. The SMILES string of the molecule is COc1ccccc1CC1CCN(C(=O)OC(C)(C)C)CC1. The van der Waals surface area contributed by atoms with E-state index in [-0.39, 0.29) is 6.09 Å². The second-order valence-electron chi connectivity index (χ2n) is 6.93. The Hall–Kier alpha value is -1.71. The van der Waals surface area contributed by atoms with Gasteiger partial charge in [-0.1, -0.05) is 18.2 Å². The minimum Gasteiger partial charge on any atom is -0.496 e. The van der Waals surface area contributed by atoms with Crippen molar-refractivity contribution in [1.82, 2.24) is 4.90 Å². The van der Waals surface area contributed by atoms with Crippen LogP contribution in [0.5, 0.6) is 5.75 Å². The molecule has 1 aromatic rings. The number of amides is 1. The maximum absolute atomic E-state index is 12.1. The van der Waals surface area contributed by atoms with Crippen LogP contribution in [-0.4, -0.2) is 36.8 Å². The molecule has 1 aliphatic heterocycles. The van der Waals surface area contributed by atoms with Crippen molar-refractivity contribution in [3.05, 3.63) is 29.8 Å². The number of hydrogen-bond acceptors (Lipinski definition) is 3. The highest BCUT2D eigenvalue weighted by Crippen LogP contribution is 2.27. The summed E-state index contributed by atoms with van der Waals surface area (Å²) in [5.74, 6) is 1.55. The number of rotatable bonds is 3. The first-order valence-corrected chi connectivity index (χ1v) is 7.99. The van der Waals surface area contributed by atoms with Gasteiger partial charge in [0, 0.05) is 13.1 Å². The van der Waals surface area contributed by atoms with Gasteiger partial charge < -0.3 is 14.4 Å². The summed E-state index contributed by atoms with van der Waals surface area (Å²) in [7, 11) is 1.71. The van der Waals surface area contributed by atoms with Crippen LogP contribution in [0, 0.1) is 5.92 Å². The van der Waals surface area contributed by atoms with Crippen LogP contribution in [-0.2, 0) is 11.2 Å². The van der Waals surface area contributed by atoms with Crippen LogP contribution >= 0.6 is 0 Å². The molecule has 2 rings (SSSR count). The largest absolute Gasteiger partial charge is 0.496 e. The number of para-hydroxylation sites is 1. The molecule has 0 bridgehead atoms. The number of benzene rings is 1. The summed E-state index contributed by atoms with van der Waals surface area (Å²) in [5, 5.41) is 0. The first kappa shape index (κ1) is 16.7. The van der Waals surface area contributed by atoms with Gasteiger partial charge in [-0.3, -0.25) is 0 Å². The molecule has 0 aliphatic carbocycles. The minimum atomic E-state index is -0.425. The Morgan fingerprint density at radius 3 is 2.45 bits per heavy atom. The van der Waals surface area contributed by atoms with E-state index in [2.05, 4.69) is 6.07 Å². The molecule has 1 aromatic carbocycles. The summed E-state index contributed by atoms with van der Waals surface area (Å²) >= 11 is 0. The smallest absolute Gasteiger partial charge is 0.410 e. The van der Waals surface area contributed by atoms with Crippen LogP contribution in [0.1, 0.15) is 39.2 Å². The van der Waals surface area contributed by atoms with E-state index < -0.39 is 5.60 Å². The molecule has 1 heterocycles. The van der Waals surface area contributed by atoms with Crippen molar-refractivity contribution >= 4 is 6.09 Å². The lowest BCUT2D eigenvalue weighted by molar-refractivity contribution is 0.0184. The first-order chi connectivity index (χ1) is 10.4. The van der Waals surface area contributed by atoms with Gasteiger partial charge in [-0.15, -0.1) is 0 Å². The van der Waals surface area contributed by atoms with Crippen LogP contribution < -0.4 is 4.74 Å². The molecule has 1 amide bonds. The average Bonchev–Trinajstić information content (AvgIpc) is 2.47. The molecule has 4 nitrogen and oxygen atoms in total. The molecule has 0 aromatic heterocycles. The molecule has 22 heavy (non-hydrogen) atoms. The summed E-state index contributed by atoms with van der Waals surface area (Å²) in [6.45, 7) is 7.25. The van der Waals surface area contributed by atoms with E-state index in [1.165, 1.54) is 5.56 Å². The fraction of sp³-hybridized carbons (Fsp3) is 0.611. The van der Waals surface area contributed by atoms with Gasteiger partial charge >= 0.3 is 6.09 Å². The minimum absolute atomic E-state index is 0.191. The van der Waals surface area contributed by atoms with Crippen LogP contribution in [0.4, 0.5) is 4.79 Å². The maximum atomic E-state index is 12.1. The fourth-order valence-electron chi connectivity index (χ4n) is 2.83. The number of likely N-dealkylation sites (tertiary alicyclic amines) is 1. The van der Waals surface area contributed by atoms with Gasteiger partial charge in [-0.2, -0.15) is 0 Å². The van der Waals surface area contributed by atoms with E-state index in [4.69, 9.17) is 9.47 Å². The number of ether oxygens (including phenoxy) is 2. The lowest BCUT2D eigenvalue weighted by atomic mass is 9.90. The van der Waals surface area contributed by atoms with Crippen molar-refractivity contribution in [2.24, 2.45) is 5.92 Å². The van der Waals surface area contributed by atoms with Crippen molar-refractivity contribution in [3.8, 4) is 5.75 Å². The highest BCUT2D eigenvalue weighted by Gasteiger charge is 2.27. The molecule has 0 radical (unpaired) electrons. The molecule has 122 valence electrons. The Labute approximate surface area is 133 Å². The molecule has 1 saturated heterocycles. The third kappa shape index (κ3) is 4.65. The summed E-state index contributed by atoms with van der Waals surface area (Å²) in [6.07, 6.45) is 2.84. The molecule has 4 heteroatoms. The predicted molar refractivity (Wildman–Crippen MR) is 87.2 cm³/mol. The van der Waals surface area contributed by atoms with Gasteiger partial charge in [0.2, 0.25) is 0 Å². The second kappa shape index (κ2) is 7.03. The number of hydrogen-bond donors (Lipinski definition) is 0. The highest BCUT2D eigenvalue weighted by atomic mass is 16.6. The summed E-state index contributed by atoms with van der Waals surface area (Å²) in [4.78, 5) is 13.9. The van der Waals surface area contributed by atoms with Crippen molar-refractivity contribution in [2.45, 2.75) is 45.6 Å². The molecule has 0 spiro atoms. The highest BCUT2D eigenvalue weighted by molar-refractivity contribution is 5.68. The summed E-state index contributed by atoms with van der Waals surface area (Å²) < 4.78 is 10.9. The molecule has 0 N–H and O–H groups in total. The number of carbonyl (C=O) groups excluding carboxylic acids is 1. The number of carbonyl (C=O) groups is 1. The standard InChI is InChI=1S/C18H27NO3/c1-18(2,3)22-17(20)19-11-9-14(10-12-19)13-15-7-5-6-8-16(15)21-4/h5-8,14H,9-13H2,1-4H3. The molecule has 0 unspecified atom stereocenters. The van der Waals surface area contributed by atoms with Gasteiger partial charge in [-0.05, 0) is 57.6 Å². The van der Waals surface area contributed by atoms with Gasteiger partial charge in [0.1, 0.15) is 11.4 Å². The lowest BCUT2D eigenvalue weighted by Crippen LogP contribution is -2.42. The van der Waals surface area contributed by atoms with E-state index >= 15 is 0 Å². The second-order valence-corrected chi connectivity index (χ2v) is 6.93. The fourth-order valence-corrected chi connectivity index (χ4v) is 2.83. The molecule has 0 atom stereocenters. The average molecular weight is 305 g/mol. The van der Waals surface area contributed by atoms with Crippen LogP contribution in [0.2, 0.25) is 0 Å². The predicted octanol–water partition coefficient (Wildman–Crippen LogP) is 3.88. The Bertz CT molecular complexity index is 499. The molecule has 1 fully saturated rings. The normalized spacial score (nSPS) is 16.5.